The van der Waals surface area contributed by atoms with Gasteiger partial charge in [0, 0.05) is 11.1 Å². The van der Waals surface area contributed by atoms with E-state index in [4.69, 9.17) is 22.1 Å². The highest BCUT2D eigenvalue weighted by atomic mass is 35.5. The summed E-state index contributed by atoms with van der Waals surface area (Å²) in [5.41, 5.74) is 8.06. The van der Waals surface area contributed by atoms with Gasteiger partial charge in [0.05, 0.1) is 19.3 Å². The van der Waals surface area contributed by atoms with Crippen molar-refractivity contribution in [1.29, 1.82) is 0 Å². The number of nitrogens with zero attached hydrogens (tertiary/aromatic N) is 2. The van der Waals surface area contributed by atoms with Crippen LogP contribution in [0.2, 0.25) is 5.02 Å². The highest BCUT2D eigenvalue weighted by Crippen LogP contribution is 2.33. The molecule has 0 spiro atoms. The van der Waals surface area contributed by atoms with Gasteiger partial charge in [-0.25, -0.2) is 0 Å². The van der Waals surface area contributed by atoms with Gasteiger partial charge in [0.25, 0.3) is 0 Å². The molecule has 5 heteroatoms. The van der Waals surface area contributed by atoms with E-state index in [-0.39, 0.29) is 12.1 Å². The van der Waals surface area contributed by atoms with Gasteiger partial charge in [-0.15, -0.1) is 0 Å². The molecule has 0 aliphatic rings. The lowest BCUT2D eigenvalue weighted by Crippen LogP contribution is -2.19. The normalized spacial score (nSPS) is 12.7. The molecule has 0 saturated carbocycles. The summed E-state index contributed by atoms with van der Waals surface area (Å²) in [5.74, 6) is 0.682. The van der Waals surface area contributed by atoms with Crippen molar-refractivity contribution >= 4 is 11.6 Å². The standard InChI is InChI=1S/C14H18ClN3O/c1-9(2)18-14(12(19-3)8-17-18)13(16)10-6-4-5-7-11(10)15/h4-9,13H,16H2,1-3H3. The molecule has 0 aliphatic heterocycles. The van der Waals surface area contributed by atoms with Gasteiger partial charge in [-0.05, 0) is 25.5 Å². The maximum atomic E-state index is 6.35. The van der Waals surface area contributed by atoms with Crippen LogP contribution in [0.3, 0.4) is 0 Å². The number of hydrogen-bond acceptors (Lipinski definition) is 3. The highest BCUT2D eigenvalue weighted by molar-refractivity contribution is 6.31. The topological polar surface area (TPSA) is 53.1 Å². The van der Waals surface area contributed by atoms with Crippen molar-refractivity contribution in [2.24, 2.45) is 5.73 Å². The summed E-state index contributed by atoms with van der Waals surface area (Å²) in [6.07, 6.45) is 1.69. The summed E-state index contributed by atoms with van der Waals surface area (Å²) in [6.45, 7) is 4.10. The van der Waals surface area contributed by atoms with Crippen LogP contribution in [0.4, 0.5) is 0 Å². The number of methoxy groups -OCH3 is 1. The van der Waals surface area contributed by atoms with E-state index in [0.717, 1.165) is 11.3 Å². The molecule has 0 radical (unpaired) electrons. The van der Waals surface area contributed by atoms with Crippen LogP contribution in [0, 0.1) is 0 Å². The lowest BCUT2D eigenvalue weighted by molar-refractivity contribution is 0.401. The van der Waals surface area contributed by atoms with E-state index in [1.165, 1.54) is 0 Å². The van der Waals surface area contributed by atoms with E-state index < -0.39 is 0 Å². The first-order valence-corrected chi connectivity index (χ1v) is 6.55. The SMILES string of the molecule is COc1cnn(C(C)C)c1C(N)c1ccccc1Cl. The van der Waals surface area contributed by atoms with Crippen molar-refractivity contribution in [3.8, 4) is 5.75 Å². The molecule has 0 fully saturated rings. The van der Waals surface area contributed by atoms with E-state index in [2.05, 4.69) is 18.9 Å². The Bertz CT molecular complexity index is 566. The molecule has 19 heavy (non-hydrogen) atoms. The smallest absolute Gasteiger partial charge is 0.161 e. The van der Waals surface area contributed by atoms with Crippen molar-refractivity contribution in [3.05, 3.63) is 46.7 Å². The third kappa shape index (κ3) is 2.60. The fourth-order valence-corrected chi connectivity index (χ4v) is 2.35. The Morgan fingerprint density at radius 2 is 2.00 bits per heavy atom. The van der Waals surface area contributed by atoms with Gasteiger partial charge in [0.2, 0.25) is 0 Å². The Morgan fingerprint density at radius 1 is 1.32 bits per heavy atom. The number of benzene rings is 1. The van der Waals surface area contributed by atoms with Gasteiger partial charge >= 0.3 is 0 Å². The maximum Gasteiger partial charge on any atom is 0.161 e. The van der Waals surface area contributed by atoms with E-state index >= 15 is 0 Å². The molecule has 2 rings (SSSR count). The second kappa shape index (κ2) is 5.63. The minimum Gasteiger partial charge on any atom is -0.493 e. The molecule has 0 amide bonds. The largest absolute Gasteiger partial charge is 0.493 e. The Kier molecular flexibility index (Phi) is 4.12. The summed E-state index contributed by atoms with van der Waals surface area (Å²) in [4.78, 5) is 0. The average molecular weight is 280 g/mol. The molecular formula is C14H18ClN3O. The van der Waals surface area contributed by atoms with Crippen LogP contribution in [0.15, 0.2) is 30.5 Å². The summed E-state index contributed by atoms with van der Waals surface area (Å²) in [7, 11) is 1.62. The summed E-state index contributed by atoms with van der Waals surface area (Å²) >= 11 is 6.21. The van der Waals surface area contributed by atoms with Crippen LogP contribution < -0.4 is 10.5 Å². The fraction of sp³-hybridized carbons (Fsp3) is 0.357. The summed E-state index contributed by atoms with van der Waals surface area (Å²) in [5, 5.41) is 4.98. The fourth-order valence-electron chi connectivity index (χ4n) is 2.10. The van der Waals surface area contributed by atoms with Gasteiger partial charge < -0.3 is 10.5 Å². The quantitative estimate of drug-likeness (QED) is 0.935. The Labute approximate surface area is 118 Å². The number of aromatic nitrogens is 2. The molecule has 102 valence electrons. The van der Waals surface area contributed by atoms with Crippen LogP contribution in [-0.2, 0) is 0 Å². The molecule has 1 heterocycles. The van der Waals surface area contributed by atoms with Crippen molar-refractivity contribution in [3.63, 3.8) is 0 Å². The van der Waals surface area contributed by atoms with Crippen molar-refractivity contribution in [1.82, 2.24) is 9.78 Å². The van der Waals surface area contributed by atoms with E-state index in [9.17, 15) is 0 Å². The van der Waals surface area contributed by atoms with Crippen LogP contribution in [0.25, 0.3) is 0 Å². The average Bonchev–Trinajstić information content (AvgIpc) is 2.82. The molecule has 4 nitrogen and oxygen atoms in total. The molecule has 2 N–H and O–H groups in total. The molecule has 1 aromatic carbocycles. The van der Waals surface area contributed by atoms with Gasteiger partial charge in [0.15, 0.2) is 5.75 Å². The number of nitrogens with two attached hydrogens (primary N) is 1. The number of ether oxygens (including phenoxy) is 1. The van der Waals surface area contributed by atoms with E-state index in [0.29, 0.717) is 10.8 Å². The van der Waals surface area contributed by atoms with Crippen LogP contribution in [-0.4, -0.2) is 16.9 Å². The predicted molar refractivity (Wildman–Crippen MR) is 76.6 cm³/mol. The van der Waals surface area contributed by atoms with E-state index in [1.807, 2.05) is 28.9 Å². The second-order valence-electron chi connectivity index (χ2n) is 4.64. The first kappa shape index (κ1) is 13.9. The van der Waals surface area contributed by atoms with E-state index in [1.54, 1.807) is 13.3 Å². The monoisotopic (exact) mass is 279 g/mol. The zero-order valence-electron chi connectivity index (χ0n) is 11.3. The molecule has 0 saturated heterocycles. The Morgan fingerprint density at radius 3 is 2.58 bits per heavy atom. The molecular weight excluding hydrogens is 262 g/mol. The van der Waals surface area contributed by atoms with Gasteiger partial charge in [-0.2, -0.15) is 5.10 Å². The van der Waals surface area contributed by atoms with Crippen LogP contribution in [0.1, 0.15) is 37.2 Å². The Balaban J connectivity index is 2.52. The predicted octanol–water partition coefficient (Wildman–Crippen LogP) is 3.17. The van der Waals surface area contributed by atoms with Crippen LogP contribution in [0.5, 0.6) is 5.75 Å². The van der Waals surface area contributed by atoms with Crippen molar-refractivity contribution in [2.75, 3.05) is 7.11 Å². The molecule has 1 atom stereocenters. The zero-order chi connectivity index (χ0) is 14.0. The van der Waals surface area contributed by atoms with Gasteiger partial charge in [0.1, 0.15) is 5.69 Å². The van der Waals surface area contributed by atoms with Gasteiger partial charge in [-0.1, -0.05) is 29.8 Å². The number of hydrogen-bond donors (Lipinski definition) is 1. The summed E-state index contributed by atoms with van der Waals surface area (Å²) in [6, 6.07) is 7.39. The number of rotatable bonds is 4. The first-order valence-electron chi connectivity index (χ1n) is 6.17. The summed E-state index contributed by atoms with van der Waals surface area (Å²) < 4.78 is 7.22. The molecule has 0 aliphatic carbocycles. The minimum absolute atomic E-state index is 0.201. The highest BCUT2D eigenvalue weighted by Gasteiger charge is 2.23. The molecule has 1 aromatic heterocycles. The maximum absolute atomic E-state index is 6.35. The van der Waals surface area contributed by atoms with Crippen molar-refractivity contribution in [2.45, 2.75) is 25.9 Å². The van der Waals surface area contributed by atoms with Crippen LogP contribution >= 0.6 is 11.6 Å². The Hall–Kier alpha value is -1.52. The lowest BCUT2D eigenvalue weighted by Gasteiger charge is -2.19. The molecule has 1 unspecified atom stereocenters. The molecule has 2 aromatic rings. The second-order valence-corrected chi connectivity index (χ2v) is 5.04. The minimum atomic E-state index is -0.367. The third-order valence-electron chi connectivity index (χ3n) is 3.04. The van der Waals surface area contributed by atoms with Crippen molar-refractivity contribution < 1.29 is 4.74 Å². The number of halogens is 1. The third-order valence-corrected chi connectivity index (χ3v) is 3.39. The lowest BCUT2D eigenvalue weighted by atomic mass is 10.0. The first-order chi connectivity index (χ1) is 9.06. The van der Waals surface area contributed by atoms with Gasteiger partial charge in [-0.3, -0.25) is 4.68 Å². The molecule has 0 bridgehead atoms. The zero-order valence-corrected chi connectivity index (χ0v) is 12.1.